The van der Waals surface area contributed by atoms with Crippen LogP contribution in [0.3, 0.4) is 0 Å². The Morgan fingerprint density at radius 3 is 1.00 bits per heavy atom. The molecule has 4 heteroatoms. The van der Waals surface area contributed by atoms with Gasteiger partial charge in [-0.05, 0) is 0 Å². The lowest BCUT2D eigenvalue weighted by Gasteiger charge is -1.80. The number of esters is 2. The molecule has 0 aliphatic heterocycles. The van der Waals surface area contributed by atoms with E-state index in [2.05, 4.69) is 9.47 Å². The second-order valence-electron chi connectivity index (χ2n) is 1.39. The number of hydrogen-bond donors (Lipinski definition) is 0. The second-order valence-corrected chi connectivity index (χ2v) is 1.39. The summed E-state index contributed by atoms with van der Waals surface area (Å²) in [7, 11) is 2.70. The monoisotopic (exact) mass is 164 g/mol. The van der Waals surface area contributed by atoms with E-state index in [9.17, 15) is 9.59 Å². The van der Waals surface area contributed by atoms with E-state index in [0.29, 0.717) is 0 Å². The topological polar surface area (TPSA) is 52.6 Å². The van der Waals surface area contributed by atoms with Crippen LogP contribution in [-0.4, -0.2) is 26.2 Å². The fourth-order valence-electron chi connectivity index (χ4n) is 0. The van der Waals surface area contributed by atoms with E-state index >= 15 is 0 Å². The van der Waals surface area contributed by atoms with Crippen molar-refractivity contribution in [2.45, 2.75) is 21.3 Å². The van der Waals surface area contributed by atoms with Gasteiger partial charge in [0, 0.05) is 13.8 Å². The Morgan fingerprint density at radius 2 is 1.00 bits per heavy atom. The van der Waals surface area contributed by atoms with Crippen molar-refractivity contribution in [3.05, 3.63) is 0 Å². The lowest BCUT2D eigenvalue weighted by Crippen LogP contribution is -1.88. The summed E-state index contributed by atoms with van der Waals surface area (Å²) in [6.45, 7) is 2.72. The predicted octanol–water partition coefficient (Wildman–Crippen LogP) is 0.995. The number of carbonyl (C=O) groups excluding carboxylic acids is 2. The van der Waals surface area contributed by atoms with E-state index in [1.165, 1.54) is 28.1 Å². The summed E-state index contributed by atoms with van der Waals surface area (Å²) in [4.78, 5) is 19.2. The average molecular weight is 164 g/mol. The molecule has 4 nitrogen and oxygen atoms in total. The van der Waals surface area contributed by atoms with Crippen LogP contribution in [0, 0.1) is 0 Å². The smallest absolute Gasteiger partial charge is 0.302 e. The molecule has 0 aromatic carbocycles. The van der Waals surface area contributed by atoms with Crippen molar-refractivity contribution < 1.29 is 19.1 Å². The van der Waals surface area contributed by atoms with Crippen LogP contribution in [0.25, 0.3) is 0 Å². The van der Waals surface area contributed by atoms with E-state index in [1.807, 2.05) is 0 Å². The minimum Gasteiger partial charge on any atom is -0.469 e. The summed E-state index contributed by atoms with van der Waals surface area (Å²) >= 11 is 0. The molecule has 0 bridgehead atoms. The third-order valence-electron chi connectivity index (χ3n) is 0.575. The number of ether oxygens (including phenoxy) is 2. The standard InChI is InChI=1S/2C3H6O2.CH4/c2*1-3(4)5-2;/h2*1-2H3;1H4. The number of methoxy groups -OCH3 is 2. The number of carbonyl (C=O) groups is 2. The molecular weight excluding hydrogens is 148 g/mol. The van der Waals surface area contributed by atoms with Gasteiger partial charge in [-0.3, -0.25) is 9.59 Å². The highest BCUT2D eigenvalue weighted by Gasteiger charge is 1.76. The Balaban J connectivity index is -0.000000107. The molecule has 0 N–H and O–H groups in total. The Kier molecular flexibility index (Phi) is 17.5. The summed E-state index contributed by atoms with van der Waals surface area (Å²) in [6, 6.07) is 0. The van der Waals surface area contributed by atoms with Crippen LogP contribution in [0.5, 0.6) is 0 Å². The van der Waals surface area contributed by atoms with Crippen molar-refractivity contribution in [1.29, 1.82) is 0 Å². The lowest BCUT2D eigenvalue weighted by atomic mass is 10.8. The molecule has 0 aromatic rings. The van der Waals surface area contributed by atoms with Crippen LogP contribution in [0.2, 0.25) is 0 Å². The first-order chi connectivity index (χ1) is 4.54. The summed E-state index contributed by atoms with van der Waals surface area (Å²) < 4.78 is 8.22. The molecule has 0 aliphatic carbocycles. The normalized spacial score (nSPS) is 6.18. The van der Waals surface area contributed by atoms with Crippen LogP contribution in [0.4, 0.5) is 0 Å². The van der Waals surface area contributed by atoms with E-state index in [-0.39, 0.29) is 19.4 Å². The molecule has 0 aromatic heterocycles. The van der Waals surface area contributed by atoms with Crippen molar-refractivity contribution in [2.75, 3.05) is 14.2 Å². The molecule has 68 valence electrons. The zero-order valence-corrected chi connectivity index (χ0v) is 6.63. The molecule has 0 amide bonds. The zero-order valence-electron chi connectivity index (χ0n) is 6.63. The molecule has 0 saturated carbocycles. The van der Waals surface area contributed by atoms with Gasteiger partial charge in [0.1, 0.15) is 0 Å². The minimum absolute atomic E-state index is 0. The molecular formula is C7H16O4. The van der Waals surface area contributed by atoms with E-state index in [4.69, 9.17) is 0 Å². The zero-order chi connectivity index (χ0) is 8.57. The van der Waals surface area contributed by atoms with Gasteiger partial charge in [-0.1, -0.05) is 7.43 Å². The second kappa shape index (κ2) is 11.7. The molecule has 0 spiro atoms. The minimum atomic E-state index is -0.245. The van der Waals surface area contributed by atoms with Crippen molar-refractivity contribution >= 4 is 11.9 Å². The highest BCUT2D eigenvalue weighted by molar-refractivity contribution is 5.65. The molecule has 0 radical (unpaired) electrons. The van der Waals surface area contributed by atoms with Gasteiger partial charge in [0.05, 0.1) is 14.2 Å². The SMILES string of the molecule is C.COC(C)=O.COC(C)=O. The Hall–Kier alpha value is -1.06. The molecule has 0 fully saturated rings. The molecule has 0 unspecified atom stereocenters. The quantitative estimate of drug-likeness (QED) is 0.501. The van der Waals surface area contributed by atoms with Gasteiger partial charge in [-0.25, -0.2) is 0 Å². The van der Waals surface area contributed by atoms with Crippen LogP contribution in [-0.2, 0) is 19.1 Å². The van der Waals surface area contributed by atoms with E-state index < -0.39 is 0 Å². The van der Waals surface area contributed by atoms with Crippen molar-refractivity contribution in [1.82, 2.24) is 0 Å². The van der Waals surface area contributed by atoms with Gasteiger partial charge in [0.2, 0.25) is 0 Å². The van der Waals surface area contributed by atoms with Gasteiger partial charge < -0.3 is 9.47 Å². The van der Waals surface area contributed by atoms with Gasteiger partial charge in [0.15, 0.2) is 0 Å². The average Bonchev–Trinajstić information content (AvgIpc) is 1.89. The van der Waals surface area contributed by atoms with Crippen LogP contribution in [0.1, 0.15) is 21.3 Å². The lowest BCUT2D eigenvalue weighted by molar-refractivity contribution is -0.138. The maximum Gasteiger partial charge on any atom is 0.302 e. The maximum absolute atomic E-state index is 9.59. The van der Waals surface area contributed by atoms with Crippen molar-refractivity contribution in [3.8, 4) is 0 Å². The van der Waals surface area contributed by atoms with Crippen molar-refractivity contribution in [3.63, 3.8) is 0 Å². The number of hydrogen-bond acceptors (Lipinski definition) is 4. The summed E-state index contributed by atoms with van der Waals surface area (Å²) in [5.74, 6) is -0.491. The molecule has 0 saturated heterocycles. The molecule has 0 atom stereocenters. The highest BCUT2D eigenvalue weighted by atomic mass is 16.5. The molecule has 11 heavy (non-hydrogen) atoms. The fourth-order valence-corrected chi connectivity index (χ4v) is 0. The third-order valence-corrected chi connectivity index (χ3v) is 0.575. The predicted molar refractivity (Wildman–Crippen MR) is 42.1 cm³/mol. The van der Waals surface area contributed by atoms with Crippen molar-refractivity contribution in [2.24, 2.45) is 0 Å². The summed E-state index contributed by atoms with van der Waals surface area (Å²) in [6.07, 6.45) is 0. The maximum atomic E-state index is 9.59. The Labute approximate surface area is 67.5 Å². The van der Waals surface area contributed by atoms with Crippen LogP contribution < -0.4 is 0 Å². The van der Waals surface area contributed by atoms with Gasteiger partial charge in [-0.15, -0.1) is 0 Å². The fraction of sp³-hybridized carbons (Fsp3) is 0.714. The van der Waals surface area contributed by atoms with Gasteiger partial charge in [-0.2, -0.15) is 0 Å². The first-order valence-electron chi connectivity index (χ1n) is 2.63. The largest absolute Gasteiger partial charge is 0.469 e. The summed E-state index contributed by atoms with van der Waals surface area (Å²) in [5.41, 5.74) is 0. The number of rotatable bonds is 0. The van der Waals surface area contributed by atoms with Crippen LogP contribution in [0.15, 0.2) is 0 Å². The molecule has 0 heterocycles. The molecule has 0 aliphatic rings. The summed E-state index contributed by atoms with van der Waals surface area (Å²) in [5, 5.41) is 0. The van der Waals surface area contributed by atoms with Gasteiger partial charge >= 0.3 is 11.9 Å². The highest BCUT2D eigenvalue weighted by Crippen LogP contribution is 1.60. The Bertz CT molecular complexity index is 95.0. The first-order valence-corrected chi connectivity index (χ1v) is 2.63. The van der Waals surface area contributed by atoms with E-state index in [0.717, 1.165) is 0 Å². The van der Waals surface area contributed by atoms with Crippen LogP contribution >= 0.6 is 0 Å². The third kappa shape index (κ3) is 49.8. The molecule has 0 rings (SSSR count). The van der Waals surface area contributed by atoms with Gasteiger partial charge in [0.25, 0.3) is 0 Å². The Morgan fingerprint density at radius 1 is 0.909 bits per heavy atom. The first kappa shape index (κ1) is 16.5. The van der Waals surface area contributed by atoms with E-state index in [1.54, 1.807) is 0 Å².